The lowest BCUT2D eigenvalue weighted by atomic mass is 10.3. The largest absolute Gasteiger partial charge is 0.485 e. The Balaban J connectivity index is 2.21. The highest BCUT2D eigenvalue weighted by atomic mass is 16.5. The zero-order chi connectivity index (χ0) is 10.8. The Bertz CT molecular complexity index is 345. The lowest BCUT2D eigenvalue weighted by Crippen LogP contribution is -2.10. The number of hydrogen-bond acceptors (Lipinski definition) is 3. The Labute approximate surface area is 90.4 Å². The van der Waals surface area contributed by atoms with Gasteiger partial charge in [-0.05, 0) is 45.2 Å². The van der Waals surface area contributed by atoms with E-state index in [1.165, 1.54) is 0 Å². The van der Waals surface area contributed by atoms with E-state index in [0.29, 0.717) is 12.0 Å². The van der Waals surface area contributed by atoms with Crippen molar-refractivity contribution in [3.8, 4) is 11.6 Å². The molecule has 1 aromatic rings. The van der Waals surface area contributed by atoms with Crippen LogP contribution in [-0.2, 0) is 0 Å². The second kappa shape index (κ2) is 4.09. The second-order valence-corrected chi connectivity index (χ2v) is 4.25. The molecule has 2 rings (SSSR count). The van der Waals surface area contributed by atoms with Gasteiger partial charge in [0, 0.05) is 6.20 Å². The number of aromatic nitrogens is 1. The van der Waals surface area contributed by atoms with Crippen LogP contribution in [0.2, 0.25) is 0 Å². The molecule has 82 valence electrons. The first kappa shape index (κ1) is 10.3. The van der Waals surface area contributed by atoms with Crippen molar-refractivity contribution in [2.45, 2.75) is 45.8 Å². The van der Waals surface area contributed by atoms with Crippen molar-refractivity contribution in [3.05, 3.63) is 17.8 Å². The monoisotopic (exact) mass is 207 g/mol. The number of ether oxygens (including phenoxy) is 2. The lowest BCUT2D eigenvalue weighted by Gasteiger charge is -2.15. The van der Waals surface area contributed by atoms with E-state index in [1.54, 1.807) is 6.20 Å². The smallest absolute Gasteiger partial charge is 0.257 e. The number of nitrogens with zero attached hydrogens (tertiary/aromatic N) is 1. The minimum Gasteiger partial charge on any atom is -0.485 e. The van der Waals surface area contributed by atoms with Gasteiger partial charge in [0.05, 0.1) is 12.2 Å². The van der Waals surface area contributed by atoms with Gasteiger partial charge >= 0.3 is 0 Å². The molecule has 1 heterocycles. The zero-order valence-electron chi connectivity index (χ0n) is 9.49. The van der Waals surface area contributed by atoms with E-state index in [2.05, 4.69) is 4.98 Å². The molecule has 1 aromatic heterocycles. The summed E-state index contributed by atoms with van der Waals surface area (Å²) in [5.41, 5.74) is 1.09. The Hall–Kier alpha value is -1.25. The Morgan fingerprint density at radius 3 is 2.73 bits per heavy atom. The van der Waals surface area contributed by atoms with Crippen LogP contribution in [0.25, 0.3) is 0 Å². The molecule has 0 saturated heterocycles. The van der Waals surface area contributed by atoms with Gasteiger partial charge in [0.2, 0.25) is 0 Å². The van der Waals surface area contributed by atoms with E-state index in [4.69, 9.17) is 9.47 Å². The first-order valence-electron chi connectivity index (χ1n) is 5.45. The SMILES string of the molecule is Cc1ccnc(OC(C)C)c1OC1CC1. The summed E-state index contributed by atoms with van der Waals surface area (Å²) in [7, 11) is 0. The maximum Gasteiger partial charge on any atom is 0.257 e. The summed E-state index contributed by atoms with van der Waals surface area (Å²) in [5, 5.41) is 0. The zero-order valence-corrected chi connectivity index (χ0v) is 9.49. The molecule has 3 nitrogen and oxygen atoms in total. The molecule has 0 aliphatic heterocycles. The van der Waals surface area contributed by atoms with Crippen LogP contribution in [0.4, 0.5) is 0 Å². The Morgan fingerprint density at radius 2 is 2.13 bits per heavy atom. The van der Waals surface area contributed by atoms with Crippen molar-refractivity contribution < 1.29 is 9.47 Å². The molecule has 1 fully saturated rings. The molecule has 15 heavy (non-hydrogen) atoms. The first-order chi connectivity index (χ1) is 7.16. The predicted molar refractivity (Wildman–Crippen MR) is 58.4 cm³/mol. The van der Waals surface area contributed by atoms with Crippen molar-refractivity contribution in [2.75, 3.05) is 0 Å². The van der Waals surface area contributed by atoms with Gasteiger partial charge in [-0.2, -0.15) is 0 Å². The summed E-state index contributed by atoms with van der Waals surface area (Å²) in [4.78, 5) is 4.21. The highest BCUT2D eigenvalue weighted by Crippen LogP contribution is 2.34. The van der Waals surface area contributed by atoms with Crippen LogP contribution in [0.5, 0.6) is 11.6 Å². The molecule has 0 bridgehead atoms. The average molecular weight is 207 g/mol. The Kier molecular flexibility index (Phi) is 2.80. The third-order valence-electron chi connectivity index (χ3n) is 2.22. The summed E-state index contributed by atoms with van der Waals surface area (Å²) >= 11 is 0. The van der Waals surface area contributed by atoms with Crippen LogP contribution in [0.1, 0.15) is 32.3 Å². The fraction of sp³-hybridized carbons (Fsp3) is 0.583. The topological polar surface area (TPSA) is 31.4 Å². The molecule has 0 spiro atoms. The van der Waals surface area contributed by atoms with Gasteiger partial charge < -0.3 is 9.47 Å². The van der Waals surface area contributed by atoms with E-state index in [-0.39, 0.29) is 6.10 Å². The summed E-state index contributed by atoms with van der Waals surface area (Å²) in [5.74, 6) is 1.44. The highest BCUT2D eigenvalue weighted by molar-refractivity contribution is 5.41. The standard InChI is InChI=1S/C12H17NO2/c1-8(2)14-12-11(15-10-4-5-10)9(3)6-7-13-12/h6-8,10H,4-5H2,1-3H3. The van der Waals surface area contributed by atoms with E-state index in [1.807, 2.05) is 26.8 Å². The van der Waals surface area contributed by atoms with Gasteiger partial charge in [0.15, 0.2) is 5.75 Å². The van der Waals surface area contributed by atoms with Gasteiger partial charge in [0.25, 0.3) is 5.88 Å². The van der Waals surface area contributed by atoms with Crippen LogP contribution in [0, 0.1) is 6.92 Å². The third-order valence-corrected chi connectivity index (χ3v) is 2.22. The van der Waals surface area contributed by atoms with Crippen molar-refractivity contribution in [2.24, 2.45) is 0 Å². The molecule has 1 saturated carbocycles. The van der Waals surface area contributed by atoms with Crippen molar-refractivity contribution >= 4 is 0 Å². The highest BCUT2D eigenvalue weighted by Gasteiger charge is 2.26. The molecule has 3 heteroatoms. The predicted octanol–water partition coefficient (Wildman–Crippen LogP) is 2.72. The molecule has 0 unspecified atom stereocenters. The number of aryl methyl sites for hydroxylation is 1. The van der Waals surface area contributed by atoms with Crippen LogP contribution < -0.4 is 9.47 Å². The molecule has 1 aliphatic rings. The summed E-state index contributed by atoms with van der Waals surface area (Å²) in [6.07, 6.45) is 4.56. The van der Waals surface area contributed by atoms with E-state index >= 15 is 0 Å². The van der Waals surface area contributed by atoms with Gasteiger partial charge in [0.1, 0.15) is 0 Å². The van der Waals surface area contributed by atoms with Crippen LogP contribution >= 0.6 is 0 Å². The van der Waals surface area contributed by atoms with E-state index < -0.39 is 0 Å². The molecule has 0 N–H and O–H groups in total. The first-order valence-corrected chi connectivity index (χ1v) is 5.45. The minimum absolute atomic E-state index is 0.126. The van der Waals surface area contributed by atoms with Gasteiger partial charge in [-0.15, -0.1) is 0 Å². The quantitative estimate of drug-likeness (QED) is 0.760. The number of hydrogen-bond donors (Lipinski definition) is 0. The van der Waals surface area contributed by atoms with Crippen molar-refractivity contribution in [1.29, 1.82) is 0 Å². The van der Waals surface area contributed by atoms with Gasteiger partial charge in [-0.1, -0.05) is 0 Å². The fourth-order valence-electron chi connectivity index (χ4n) is 1.32. The van der Waals surface area contributed by atoms with Crippen molar-refractivity contribution in [3.63, 3.8) is 0 Å². The lowest BCUT2D eigenvalue weighted by molar-refractivity contribution is 0.207. The van der Waals surface area contributed by atoms with Gasteiger partial charge in [-0.3, -0.25) is 0 Å². The molecule has 0 amide bonds. The van der Waals surface area contributed by atoms with Crippen molar-refractivity contribution in [1.82, 2.24) is 4.98 Å². The van der Waals surface area contributed by atoms with Crippen LogP contribution in [0.15, 0.2) is 12.3 Å². The van der Waals surface area contributed by atoms with E-state index in [0.717, 1.165) is 24.2 Å². The molecule has 0 atom stereocenters. The molecular weight excluding hydrogens is 190 g/mol. The normalized spacial score (nSPS) is 15.5. The average Bonchev–Trinajstić information content (AvgIpc) is 2.94. The van der Waals surface area contributed by atoms with Gasteiger partial charge in [-0.25, -0.2) is 4.98 Å². The fourth-order valence-corrected chi connectivity index (χ4v) is 1.32. The summed E-state index contributed by atoms with van der Waals surface area (Å²) in [6, 6.07) is 1.95. The molecule has 0 aromatic carbocycles. The summed E-state index contributed by atoms with van der Waals surface area (Å²) in [6.45, 7) is 6.00. The van der Waals surface area contributed by atoms with Crippen LogP contribution in [-0.4, -0.2) is 17.2 Å². The molecule has 1 aliphatic carbocycles. The third kappa shape index (κ3) is 2.61. The van der Waals surface area contributed by atoms with Crippen LogP contribution in [0.3, 0.4) is 0 Å². The second-order valence-electron chi connectivity index (χ2n) is 4.25. The maximum atomic E-state index is 5.80. The number of pyridine rings is 1. The maximum absolute atomic E-state index is 5.80. The van der Waals surface area contributed by atoms with E-state index in [9.17, 15) is 0 Å². The minimum atomic E-state index is 0.126. The Morgan fingerprint density at radius 1 is 1.40 bits per heavy atom. The number of rotatable bonds is 4. The molecular formula is C12H17NO2. The molecule has 0 radical (unpaired) electrons. The summed E-state index contributed by atoms with van der Waals surface area (Å²) < 4.78 is 11.4.